The van der Waals surface area contributed by atoms with Gasteiger partial charge < -0.3 is 20.7 Å². The van der Waals surface area contributed by atoms with E-state index in [0.717, 1.165) is 30.4 Å². The van der Waals surface area contributed by atoms with Gasteiger partial charge in [-0.3, -0.25) is 9.79 Å². The van der Waals surface area contributed by atoms with Gasteiger partial charge in [0.1, 0.15) is 10.6 Å². The number of nitrogens with one attached hydrogen (secondary N) is 3. The topological polar surface area (TPSA) is 87.6 Å². The molecule has 1 aromatic heterocycles. The summed E-state index contributed by atoms with van der Waals surface area (Å²) in [7, 11) is 0. The lowest BCUT2D eigenvalue weighted by Gasteiger charge is -2.12. The van der Waals surface area contributed by atoms with Crippen LogP contribution >= 0.6 is 35.3 Å². The number of nitrogens with zero attached hydrogens (tertiary/aromatic N) is 2. The maximum absolute atomic E-state index is 12.0. The first-order chi connectivity index (χ1) is 13.2. The monoisotopic (exact) mass is 517 g/mol. The molecule has 28 heavy (non-hydrogen) atoms. The number of aryl methyl sites for hydroxylation is 1. The minimum absolute atomic E-state index is 0. The first-order valence-corrected chi connectivity index (χ1v) is 9.97. The Hall–Kier alpha value is -1.88. The molecule has 0 saturated carbocycles. The summed E-state index contributed by atoms with van der Waals surface area (Å²) in [4.78, 5) is 21.3. The molecule has 0 aliphatic heterocycles. The zero-order valence-electron chi connectivity index (χ0n) is 16.2. The second kappa shape index (κ2) is 14.2. The van der Waals surface area contributed by atoms with Gasteiger partial charge in [0.15, 0.2) is 5.96 Å². The van der Waals surface area contributed by atoms with E-state index in [9.17, 15) is 4.79 Å². The van der Waals surface area contributed by atoms with Crippen molar-refractivity contribution < 1.29 is 9.53 Å². The summed E-state index contributed by atoms with van der Waals surface area (Å²) in [6.45, 7) is 7.02. The Morgan fingerprint density at radius 1 is 1.18 bits per heavy atom. The van der Waals surface area contributed by atoms with Crippen molar-refractivity contribution in [2.24, 2.45) is 4.99 Å². The maximum atomic E-state index is 12.0. The minimum atomic E-state index is -0.0863. The number of para-hydroxylation sites is 1. The van der Waals surface area contributed by atoms with E-state index in [-0.39, 0.29) is 29.9 Å². The van der Waals surface area contributed by atoms with E-state index in [1.165, 1.54) is 11.3 Å². The zero-order valence-corrected chi connectivity index (χ0v) is 19.4. The smallest absolute Gasteiger partial charge is 0.263 e. The lowest BCUT2D eigenvalue weighted by Crippen LogP contribution is -2.41. The Balaban J connectivity index is 0.00000392. The standard InChI is InChI=1S/C19H27N5O2S.HI/c1-3-20-19(22-10-7-13-26-16-8-5-4-6-9-16)23-12-11-21-18(25)17-15(2)24-14-27-17;/h4-6,8-9,14H,3,7,10-13H2,1-2H3,(H,21,25)(H2,20,22,23);1H. The highest BCUT2D eigenvalue weighted by Gasteiger charge is 2.10. The van der Waals surface area contributed by atoms with E-state index >= 15 is 0 Å². The molecule has 0 aliphatic rings. The van der Waals surface area contributed by atoms with Gasteiger partial charge in [-0.2, -0.15) is 0 Å². The summed E-state index contributed by atoms with van der Waals surface area (Å²) in [5.41, 5.74) is 2.44. The summed E-state index contributed by atoms with van der Waals surface area (Å²) >= 11 is 1.35. The molecule has 2 rings (SSSR count). The number of hydrogen-bond acceptors (Lipinski definition) is 5. The summed E-state index contributed by atoms with van der Waals surface area (Å²) in [5.74, 6) is 1.52. The molecule has 0 atom stereocenters. The minimum Gasteiger partial charge on any atom is -0.494 e. The number of aromatic nitrogens is 1. The van der Waals surface area contributed by atoms with Crippen molar-refractivity contribution in [3.8, 4) is 5.75 Å². The quantitative estimate of drug-likeness (QED) is 0.195. The molecule has 1 aromatic carbocycles. The van der Waals surface area contributed by atoms with Gasteiger partial charge in [0, 0.05) is 32.6 Å². The Morgan fingerprint density at radius 2 is 1.93 bits per heavy atom. The van der Waals surface area contributed by atoms with Crippen LogP contribution in [-0.4, -0.2) is 49.6 Å². The van der Waals surface area contributed by atoms with Gasteiger partial charge >= 0.3 is 0 Å². The van der Waals surface area contributed by atoms with Crippen LogP contribution in [0.4, 0.5) is 0 Å². The second-order valence-corrected chi connectivity index (χ2v) is 6.58. The van der Waals surface area contributed by atoms with Crippen molar-refractivity contribution in [2.45, 2.75) is 20.3 Å². The van der Waals surface area contributed by atoms with Crippen LogP contribution in [0, 0.1) is 6.92 Å². The molecule has 7 nitrogen and oxygen atoms in total. The van der Waals surface area contributed by atoms with E-state index in [0.29, 0.717) is 31.1 Å². The Labute approximate surface area is 187 Å². The van der Waals surface area contributed by atoms with Gasteiger partial charge in [0.05, 0.1) is 17.8 Å². The molecule has 9 heteroatoms. The highest BCUT2D eigenvalue weighted by atomic mass is 127. The normalized spacial score (nSPS) is 10.7. The fraction of sp³-hybridized carbons (Fsp3) is 0.421. The lowest BCUT2D eigenvalue weighted by atomic mass is 10.3. The van der Waals surface area contributed by atoms with Gasteiger partial charge in [0.25, 0.3) is 5.91 Å². The second-order valence-electron chi connectivity index (χ2n) is 5.73. The molecule has 3 N–H and O–H groups in total. The van der Waals surface area contributed by atoms with E-state index in [1.54, 1.807) is 5.51 Å². The molecule has 0 unspecified atom stereocenters. The highest BCUT2D eigenvalue weighted by Crippen LogP contribution is 2.11. The van der Waals surface area contributed by atoms with E-state index < -0.39 is 0 Å². The predicted octanol–water partition coefficient (Wildman–Crippen LogP) is 2.82. The molecule has 1 heterocycles. The number of carbonyl (C=O) groups excluding carboxylic acids is 1. The van der Waals surface area contributed by atoms with Gasteiger partial charge in [-0.25, -0.2) is 4.98 Å². The van der Waals surface area contributed by atoms with Crippen LogP contribution in [0.5, 0.6) is 5.75 Å². The Bertz CT molecular complexity index is 724. The average molecular weight is 517 g/mol. The number of benzene rings is 1. The summed E-state index contributed by atoms with van der Waals surface area (Å²) < 4.78 is 5.66. The number of amides is 1. The van der Waals surface area contributed by atoms with Gasteiger partial charge in [-0.15, -0.1) is 35.3 Å². The van der Waals surface area contributed by atoms with Crippen molar-refractivity contribution in [2.75, 3.05) is 32.8 Å². The largest absolute Gasteiger partial charge is 0.494 e. The molecule has 0 radical (unpaired) electrons. The SMILES string of the molecule is CCNC(=NCCCOc1ccccc1)NCCNC(=O)c1scnc1C.I. The maximum Gasteiger partial charge on any atom is 0.263 e. The van der Waals surface area contributed by atoms with E-state index in [1.807, 2.05) is 44.2 Å². The summed E-state index contributed by atoms with van der Waals surface area (Å²) in [6, 6.07) is 9.76. The van der Waals surface area contributed by atoms with Crippen LogP contribution in [0.2, 0.25) is 0 Å². The molecule has 0 aliphatic carbocycles. The molecule has 0 spiro atoms. The van der Waals surface area contributed by atoms with Crippen molar-refractivity contribution in [3.05, 3.63) is 46.4 Å². The molecular weight excluding hydrogens is 489 g/mol. The molecule has 154 valence electrons. The number of aliphatic imine (C=N–C) groups is 1. The van der Waals surface area contributed by atoms with Gasteiger partial charge in [0.2, 0.25) is 0 Å². The van der Waals surface area contributed by atoms with Crippen LogP contribution in [0.25, 0.3) is 0 Å². The van der Waals surface area contributed by atoms with E-state index in [4.69, 9.17) is 4.74 Å². The molecule has 0 saturated heterocycles. The predicted molar refractivity (Wildman–Crippen MR) is 125 cm³/mol. The van der Waals surface area contributed by atoms with Crippen molar-refractivity contribution in [1.29, 1.82) is 0 Å². The van der Waals surface area contributed by atoms with Gasteiger partial charge in [-0.1, -0.05) is 18.2 Å². The Morgan fingerprint density at radius 3 is 2.61 bits per heavy atom. The van der Waals surface area contributed by atoms with Crippen LogP contribution in [0.1, 0.15) is 28.7 Å². The molecule has 1 amide bonds. The number of ether oxygens (including phenoxy) is 1. The number of hydrogen-bond donors (Lipinski definition) is 3. The third kappa shape index (κ3) is 8.87. The Kier molecular flexibility index (Phi) is 12.2. The summed E-state index contributed by atoms with van der Waals surface area (Å²) in [6.07, 6.45) is 0.826. The van der Waals surface area contributed by atoms with Crippen LogP contribution in [-0.2, 0) is 0 Å². The van der Waals surface area contributed by atoms with Crippen molar-refractivity contribution in [3.63, 3.8) is 0 Å². The number of carbonyl (C=O) groups is 1. The van der Waals surface area contributed by atoms with Crippen molar-refractivity contribution in [1.82, 2.24) is 20.9 Å². The molecule has 2 aromatic rings. The van der Waals surface area contributed by atoms with Crippen LogP contribution in [0.15, 0.2) is 40.8 Å². The first kappa shape index (κ1) is 24.2. The third-order valence-corrected chi connectivity index (χ3v) is 4.51. The molecule has 0 bridgehead atoms. The molecular formula is C19H28IN5O2S. The number of guanidine groups is 1. The van der Waals surface area contributed by atoms with E-state index in [2.05, 4.69) is 25.9 Å². The van der Waals surface area contributed by atoms with Crippen LogP contribution < -0.4 is 20.7 Å². The number of thiazole rings is 1. The molecule has 0 fully saturated rings. The summed E-state index contributed by atoms with van der Waals surface area (Å²) in [5, 5.41) is 9.29. The first-order valence-electron chi connectivity index (χ1n) is 9.09. The number of rotatable bonds is 10. The van der Waals surface area contributed by atoms with Crippen LogP contribution in [0.3, 0.4) is 0 Å². The third-order valence-electron chi connectivity index (χ3n) is 3.58. The van der Waals surface area contributed by atoms with Crippen molar-refractivity contribution >= 4 is 47.2 Å². The van der Waals surface area contributed by atoms with Gasteiger partial charge in [-0.05, 0) is 26.0 Å². The fourth-order valence-electron chi connectivity index (χ4n) is 2.26. The average Bonchev–Trinajstić information content (AvgIpc) is 3.11. The zero-order chi connectivity index (χ0) is 19.3. The fourth-order valence-corrected chi connectivity index (χ4v) is 2.98. The highest BCUT2D eigenvalue weighted by molar-refractivity contribution is 14.0. The lowest BCUT2D eigenvalue weighted by molar-refractivity contribution is 0.0957. The number of halogens is 1.